The quantitative estimate of drug-likeness (QED) is 0.252. The summed E-state index contributed by atoms with van der Waals surface area (Å²) in [4.78, 5) is 37.1. The highest BCUT2D eigenvalue weighted by molar-refractivity contribution is 7.46. The summed E-state index contributed by atoms with van der Waals surface area (Å²) in [5.74, 6) is -0.740. The van der Waals surface area contributed by atoms with Crippen molar-refractivity contribution in [2.45, 2.75) is 51.2 Å². The van der Waals surface area contributed by atoms with Gasteiger partial charge in [0.2, 0.25) is 11.0 Å². The van der Waals surface area contributed by atoms with Crippen LogP contribution in [0.5, 0.6) is 0 Å². The van der Waals surface area contributed by atoms with E-state index in [1.54, 1.807) is 6.92 Å². The van der Waals surface area contributed by atoms with Gasteiger partial charge in [0.25, 0.3) is 5.91 Å². The Morgan fingerprint density at radius 1 is 1.40 bits per heavy atom. The Balaban J connectivity index is 1.73. The van der Waals surface area contributed by atoms with Gasteiger partial charge < -0.3 is 35.0 Å². The standard InChI is InChI=1S/C18H28ClN6O8PS/c1-4-11-13(19)21-14(25(11)9-33-34(29,30)31)15(27)20-10-5-6-24(7-12(10)32-3)17-23-22-16(35-17)18(2,28)8-26/h10,12,26,28H,4-9H2,1-3H3,(H,20,27)(H2,29,30,31)/t10-,12+,18?/m1/s1. The van der Waals surface area contributed by atoms with Crippen LogP contribution in [-0.4, -0.2) is 84.6 Å². The number of carbonyl (C=O) groups is 1. The van der Waals surface area contributed by atoms with Crippen molar-refractivity contribution in [2.24, 2.45) is 0 Å². The number of carbonyl (C=O) groups excluding carboxylic acids is 1. The molecule has 2 aromatic rings. The zero-order valence-corrected chi connectivity index (χ0v) is 21.8. The molecular formula is C18H28ClN6O8PS. The van der Waals surface area contributed by atoms with Gasteiger partial charge in [0, 0.05) is 20.2 Å². The lowest BCUT2D eigenvalue weighted by atomic mass is 10.0. The SMILES string of the molecule is CCc1c(Cl)nc(C(=O)N[C@@H]2CCN(c3nnc(C(C)(O)CO)s3)C[C@@H]2OC)n1COP(=O)(O)O. The van der Waals surface area contributed by atoms with Crippen molar-refractivity contribution in [3.63, 3.8) is 0 Å². The maximum atomic E-state index is 13.1. The molecule has 1 saturated heterocycles. The predicted molar refractivity (Wildman–Crippen MR) is 125 cm³/mol. The van der Waals surface area contributed by atoms with Gasteiger partial charge in [-0.1, -0.05) is 29.9 Å². The largest absolute Gasteiger partial charge is 0.471 e. The van der Waals surface area contributed by atoms with Gasteiger partial charge in [-0.2, -0.15) is 0 Å². The molecule has 5 N–H and O–H groups in total. The van der Waals surface area contributed by atoms with Crippen LogP contribution >= 0.6 is 30.8 Å². The van der Waals surface area contributed by atoms with E-state index >= 15 is 0 Å². The number of phosphoric ester groups is 1. The lowest BCUT2D eigenvalue weighted by Gasteiger charge is -2.37. The molecule has 3 atom stereocenters. The van der Waals surface area contributed by atoms with E-state index < -0.39 is 44.8 Å². The molecule has 35 heavy (non-hydrogen) atoms. The molecule has 3 heterocycles. The fourth-order valence-corrected chi connectivity index (χ4v) is 5.09. The molecule has 0 radical (unpaired) electrons. The minimum atomic E-state index is -4.79. The topological polar surface area (TPSA) is 192 Å². The Morgan fingerprint density at radius 2 is 2.11 bits per heavy atom. The number of nitrogens with zero attached hydrogens (tertiary/aromatic N) is 5. The third-order valence-electron chi connectivity index (χ3n) is 5.55. The Bertz CT molecular complexity index is 1090. The summed E-state index contributed by atoms with van der Waals surface area (Å²) in [5.41, 5.74) is -1.10. The summed E-state index contributed by atoms with van der Waals surface area (Å²) >= 11 is 7.29. The number of phosphoric acid groups is 1. The molecule has 0 bridgehead atoms. The second kappa shape index (κ2) is 11.2. The van der Waals surface area contributed by atoms with E-state index in [4.69, 9.17) is 26.1 Å². The summed E-state index contributed by atoms with van der Waals surface area (Å²) in [6, 6.07) is -0.409. The fraction of sp³-hybridized carbons (Fsp3) is 0.667. The number of amides is 1. The van der Waals surface area contributed by atoms with Crippen molar-refractivity contribution in [3.8, 4) is 0 Å². The molecule has 0 aliphatic carbocycles. The Hall–Kier alpha value is -1.68. The van der Waals surface area contributed by atoms with Crippen LogP contribution in [0.25, 0.3) is 0 Å². The number of nitrogens with one attached hydrogen (secondary N) is 1. The highest BCUT2D eigenvalue weighted by atomic mass is 35.5. The van der Waals surface area contributed by atoms with E-state index in [1.807, 2.05) is 4.90 Å². The van der Waals surface area contributed by atoms with Gasteiger partial charge in [0.15, 0.2) is 10.2 Å². The third-order valence-corrected chi connectivity index (χ3v) is 7.54. The van der Waals surface area contributed by atoms with E-state index in [-0.39, 0.29) is 16.0 Å². The molecule has 17 heteroatoms. The Labute approximate surface area is 210 Å². The molecule has 1 aliphatic heterocycles. The van der Waals surface area contributed by atoms with Crippen LogP contribution < -0.4 is 10.2 Å². The Morgan fingerprint density at radius 3 is 2.71 bits per heavy atom. The molecular weight excluding hydrogens is 527 g/mol. The monoisotopic (exact) mass is 554 g/mol. The van der Waals surface area contributed by atoms with E-state index in [0.717, 1.165) is 11.3 Å². The van der Waals surface area contributed by atoms with Crippen LogP contribution in [0.15, 0.2) is 0 Å². The average molecular weight is 555 g/mol. The average Bonchev–Trinajstić information content (AvgIpc) is 3.42. The second-order valence-corrected chi connectivity index (χ2v) is 10.7. The molecule has 196 valence electrons. The summed E-state index contributed by atoms with van der Waals surface area (Å²) in [6.07, 6.45) is 0.397. The Kier molecular flexibility index (Phi) is 8.89. The number of imidazole rings is 1. The van der Waals surface area contributed by atoms with Gasteiger partial charge in [0.1, 0.15) is 12.3 Å². The number of aliphatic hydroxyl groups is 2. The number of aliphatic hydroxyl groups excluding tert-OH is 1. The van der Waals surface area contributed by atoms with Crippen LogP contribution in [0.3, 0.4) is 0 Å². The van der Waals surface area contributed by atoms with Gasteiger partial charge in [-0.3, -0.25) is 13.9 Å². The van der Waals surface area contributed by atoms with Crippen molar-refractivity contribution >= 4 is 41.8 Å². The molecule has 1 unspecified atom stereocenters. The van der Waals surface area contributed by atoms with E-state index in [2.05, 4.69) is 25.0 Å². The maximum absolute atomic E-state index is 13.1. The van der Waals surface area contributed by atoms with Crippen molar-refractivity contribution in [3.05, 3.63) is 21.7 Å². The van der Waals surface area contributed by atoms with Gasteiger partial charge in [-0.25, -0.2) is 9.55 Å². The minimum absolute atomic E-state index is 0.0379. The first kappa shape index (κ1) is 27.9. The number of ether oxygens (including phenoxy) is 1. The molecule has 0 spiro atoms. The maximum Gasteiger partial charge on any atom is 0.471 e. The summed E-state index contributed by atoms with van der Waals surface area (Å²) in [6.45, 7) is 2.98. The van der Waals surface area contributed by atoms with Crippen molar-refractivity contribution in [2.75, 3.05) is 31.7 Å². The zero-order chi connectivity index (χ0) is 26.0. The van der Waals surface area contributed by atoms with Crippen LogP contribution in [0, 0.1) is 0 Å². The smallest absolute Gasteiger partial charge is 0.393 e. The number of anilines is 1. The summed E-state index contributed by atoms with van der Waals surface area (Å²) < 4.78 is 22.5. The van der Waals surface area contributed by atoms with Gasteiger partial charge >= 0.3 is 7.82 Å². The number of rotatable bonds is 10. The first-order valence-electron chi connectivity index (χ1n) is 10.6. The minimum Gasteiger partial charge on any atom is -0.393 e. The molecule has 1 amide bonds. The lowest BCUT2D eigenvalue weighted by molar-refractivity contribution is -0.00294. The van der Waals surface area contributed by atoms with Crippen LogP contribution in [-0.2, 0) is 32.6 Å². The number of halogens is 1. The van der Waals surface area contributed by atoms with Crippen LogP contribution in [0.1, 0.15) is 41.6 Å². The van der Waals surface area contributed by atoms with Crippen molar-refractivity contribution < 1.29 is 38.6 Å². The lowest BCUT2D eigenvalue weighted by Crippen LogP contribution is -2.55. The van der Waals surface area contributed by atoms with Crippen LogP contribution in [0.4, 0.5) is 5.13 Å². The second-order valence-electron chi connectivity index (χ2n) is 8.11. The fourth-order valence-electron chi connectivity index (χ4n) is 3.59. The number of aromatic nitrogens is 4. The molecule has 1 aliphatic rings. The first-order valence-corrected chi connectivity index (χ1v) is 13.3. The molecule has 2 aromatic heterocycles. The first-order chi connectivity index (χ1) is 16.4. The van der Waals surface area contributed by atoms with Gasteiger partial charge in [0.05, 0.1) is 24.4 Å². The molecule has 1 fully saturated rings. The van der Waals surface area contributed by atoms with E-state index in [0.29, 0.717) is 36.8 Å². The number of piperidine rings is 1. The number of hydrogen-bond donors (Lipinski definition) is 5. The summed E-state index contributed by atoms with van der Waals surface area (Å²) in [7, 11) is -3.28. The van der Waals surface area contributed by atoms with Crippen molar-refractivity contribution in [1.82, 2.24) is 25.1 Å². The van der Waals surface area contributed by atoms with Gasteiger partial charge in [-0.15, -0.1) is 10.2 Å². The normalized spacial score (nSPS) is 20.6. The predicted octanol–water partition coefficient (Wildman–Crippen LogP) is 0.241. The number of hydrogen-bond acceptors (Lipinski definition) is 11. The molecule has 14 nitrogen and oxygen atoms in total. The van der Waals surface area contributed by atoms with Crippen molar-refractivity contribution in [1.29, 1.82) is 0 Å². The summed E-state index contributed by atoms with van der Waals surface area (Å²) in [5, 5.41) is 31.3. The highest BCUT2D eigenvalue weighted by Gasteiger charge is 2.35. The molecule has 3 rings (SSSR count). The van der Waals surface area contributed by atoms with E-state index in [9.17, 15) is 19.6 Å². The van der Waals surface area contributed by atoms with Gasteiger partial charge in [-0.05, 0) is 19.8 Å². The molecule has 0 aromatic carbocycles. The zero-order valence-electron chi connectivity index (χ0n) is 19.3. The highest BCUT2D eigenvalue weighted by Crippen LogP contribution is 2.37. The number of methoxy groups -OCH3 is 1. The van der Waals surface area contributed by atoms with E-state index in [1.165, 1.54) is 18.6 Å². The molecule has 0 saturated carbocycles. The van der Waals surface area contributed by atoms with Crippen LogP contribution in [0.2, 0.25) is 5.15 Å². The third kappa shape index (κ3) is 6.56.